The molecule has 4 rings (SSSR count). The summed E-state index contributed by atoms with van der Waals surface area (Å²) in [6.07, 6.45) is 3.86. The average molecular weight is 402 g/mol. The van der Waals surface area contributed by atoms with E-state index in [9.17, 15) is 0 Å². The van der Waals surface area contributed by atoms with Gasteiger partial charge in [0.2, 0.25) is 0 Å². The Morgan fingerprint density at radius 1 is 1.07 bits per heavy atom. The number of benzene rings is 1. The van der Waals surface area contributed by atoms with Gasteiger partial charge in [-0.3, -0.25) is 4.99 Å². The van der Waals surface area contributed by atoms with E-state index in [4.69, 9.17) is 9.47 Å². The van der Waals surface area contributed by atoms with Gasteiger partial charge in [-0.2, -0.15) is 0 Å². The van der Waals surface area contributed by atoms with Crippen molar-refractivity contribution in [3.63, 3.8) is 0 Å². The normalized spacial score (nSPS) is 17.9. The first-order chi connectivity index (χ1) is 13.7. The van der Waals surface area contributed by atoms with E-state index in [-0.39, 0.29) is 0 Å². The molecule has 3 heterocycles. The van der Waals surface area contributed by atoms with Gasteiger partial charge in [-0.1, -0.05) is 18.7 Å². The molecule has 2 aliphatic heterocycles. The van der Waals surface area contributed by atoms with Gasteiger partial charge in [0.25, 0.3) is 0 Å². The molecule has 1 aromatic carbocycles. The number of piperidine rings is 1. The zero-order valence-electron chi connectivity index (χ0n) is 16.7. The molecule has 0 atom stereocenters. The Bertz CT molecular complexity index is 867. The van der Waals surface area contributed by atoms with Gasteiger partial charge in [0, 0.05) is 37.1 Å². The van der Waals surface area contributed by atoms with Gasteiger partial charge >= 0.3 is 0 Å². The summed E-state index contributed by atoms with van der Waals surface area (Å²) in [5.41, 5.74) is 0.873. The summed E-state index contributed by atoms with van der Waals surface area (Å²) in [6, 6.07) is 4.47. The molecule has 0 unspecified atom stereocenters. The second-order valence-electron chi connectivity index (χ2n) is 6.93. The van der Waals surface area contributed by atoms with Gasteiger partial charge < -0.3 is 19.3 Å². The number of fused-ring (bicyclic) bond motifs is 1. The molecule has 1 aromatic heterocycles. The van der Waals surface area contributed by atoms with Gasteiger partial charge in [-0.25, -0.2) is 9.97 Å². The second kappa shape index (κ2) is 8.43. The van der Waals surface area contributed by atoms with Gasteiger partial charge in [0.15, 0.2) is 16.7 Å². The van der Waals surface area contributed by atoms with Gasteiger partial charge in [-0.05, 0) is 24.7 Å². The van der Waals surface area contributed by atoms with Crippen LogP contribution in [0, 0.1) is 0 Å². The van der Waals surface area contributed by atoms with E-state index < -0.39 is 0 Å². The van der Waals surface area contributed by atoms with Gasteiger partial charge in [0.1, 0.15) is 12.1 Å². The molecule has 0 aliphatic carbocycles. The molecule has 8 heteroatoms. The summed E-state index contributed by atoms with van der Waals surface area (Å²) in [4.78, 5) is 18.6. The number of nitrogens with zero attached hydrogens (tertiary/aromatic N) is 5. The average Bonchev–Trinajstić information content (AvgIpc) is 3.21. The fraction of sp³-hybridized carbons (Fsp3) is 0.550. The molecule has 0 bridgehead atoms. The molecule has 0 spiro atoms. The smallest absolute Gasteiger partial charge is 0.162 e. The SMILES string of the molecule is CCSC1=NCCN1C1CCN(c2ncnc3cc(OC)c(OC)cc23)CC1. The first kappa shape index (κ1) is 19.1. The molecule has 0 saturated carbocycles. The van der Waals surface area contributed by atoms with E-state index in [1.165, 1.54) is 5.17 Å². The first-order valence-electron chi connectivity index (χ1n) is 9.80. The highest BCUT2D eigenvalue weighted by molar-refractivity contribution is 8.13. The van der Waals surface area contributed by atoms with Crippen LogP contribution in [0.25, 0.3) is 10.9 Å². The lowest BCUT2D eigenvalue weighted by atomic mass is 10.0. The number of anilines is 1. The van der Waals surface area contributed by atoms with Crippen LogP contribution in [0.3, 0.4) is 0 Å². The maximum Gasteiger partial charge on any atom is 0.162 e. The number of amidine groups is 1. The van der Waals surface area contributed by atoms with Crippen LogP contribution in [0.4, 0.5) is 5.82 Å². The number of methoxy groups -OCH3 is 2. The summed E-state index contributed by atoms with van der Waals surface area (Å²) < 4.78 is 10.9. The fourth-order valence-electron chi connectivity index (χ4n) is 4.05. The highest BCUT2D eigenvalue weighted by Gasteiger charge is 2.30. The standard InChI is InChI=1S/C20H27N5O2S/c1-4-28-20-21-7-10-25(20)14-5-8-24(9-6-14)19-15-11-17(26-2)18(27-3)12-16(15)22-13-23-19/h11-14H,4-10H2,1-3H3. The van der Waals surface area contributed by atoms with Gasteiger partial charge in [0.05, 0.1) is 26.3 Å². The van der Waals surface area contributed by atoms with Crippen molar-refractivity contribution in [2.24, 2.45) is 4.99 Å². The number of hydrogen-bond donors (Lipinski definition) is 0. The van der Waals surface area contributed by atoms with Crippen molar-refractivity contribution in [3.8, 4) is 11.5 Å². The van der Waals surface area contributed by atoms with Crippen molar-refractivity contribution in [1.29, 1.82) is 0 Å². The van der Waals surface area contributed by atoms with E-state index in [1.54, 1.807) is 20.5 Å². The summed E-state index contributed by atoms with van der Waals surface area (Å²) in [5.74, 6) is 3.44. The van der Waals surface area contributed by atoms with Crippen LogP contribution >= 0.6 is 11.8 Å². The molecule has 0 radical (unpaired) electrons. The molecular formula is C20H27N5O2S. The van der Waals surface area contributed by atoms with Crippen molar-refractivity contribution in [2.75, 3.05) is 51.1 Å². The summed E-state index contributed by atoms with van der Waals surface area (Å²) in [6.45, 7) is 6.13. The van der Waals surface area contributed by atoms with Crippen LogP contribution in [0.15, 0.2) is 23.5 Å². The highest BCUT2D eigenvalue weighted by atomic mass is 32.2. The molecule has 28 heavy (non-hydrogen) atoms. The Morgan fingerprint density at radius 3 is 2.54 bits per heavy atom. The molecule has 0 N–H and O–H groups in total. The molecule has 7 nitrogen and oxygen atoms in total. The molecule has 2 aliphatic rings. The van der Waals surface area contributed by atoms with Crippen LogP contribution < -0.4 is 14.4 Å². The van der Waals surface area contributed by atoms with E-state index in [1.807, 2.05) is 23.9 Å². The zero-order valence-corrected chi connectivity index (χ0v) is 17.5. The Labute approximate surface area is 170 Å². The number of hydrogen-bond acceptors (Lipinski definition) is 8. The molecule has 0 amide bonds. The number of rotatable bonds is 5. The number of aromatic nitrogens is 2. The summed E-state index contributed by atoms with van der Waals surface area (Å²) in [7, 11) is 3.30. The van der Waals surface area contributed by atoms with Crippen LogP contribution in [0.1, 0.15) is 19.8 Å². The second-order valence-corrected chi connectivity index (χ2v) is 8.16. The van der Waals surface area contributed by atoms with Crippen LogP contribution in [-0.4, -0.2) is 72.2 Å². The lowest BCUT2D eigenvalue weighted by molar-refractivity contribution is 0.287. The van der Waals surface area contributed by atoms with Gasteiger partial charge in [-0.15, -0.1) is 0 Å². The predicted octanol–water partition coefficient (Wildman–Crippen LogP) is 3.04. The molecular weight excluding hydrogens is 374 g/mol. The Balaban J connectivity index is 1.53. The lowest BCUT2D eigenvalue weighted by Crippen LogP contribution is -2.46. The minimum absolute atomic E-state index is 0.569. The first-order valence-corrected chi connectivity index (χ1v) is 10.8. The highest BCUT2D eigenvalue weighted by Crippen LogP contribution is 2.35. The Hall–Kier alpha value is -2.22. The summed E-state index contributed by atoms with van der Waals surface area (Å²) in [5, 5.41) is 2.23. The number of ether oxygens (including phenoxy) is 2. The van der Waals surface area contributed by atoms with Crippen LogP contribution in [0.5, 0.6) is 11.5 Å². The molecule has 150 valence electrons. The third kappa shape index (κ3) is 3.57. The molecule has 1 fully saturated rings. The van der Waals surface area contributed by atoms with E-state index in [0.29, 0.717) is 17.5 Å². The number of thioether (sulfide) groups is 1. The Morgan fingerprint density at radius 2 is 1.82 bits per heavy atom. The minimum Gasteiger partial charge on any atom is -0.493 e. The number of aliphatic imine (C=N–C) groups is 1. The van der Waals surface area contributed by atoms with E-state index in [2.05, 4.69) is 31.7 Å². The Kier molecular flexibility index (Phi) is 5.75. The van der Waals surface area contributed by atoms with Crippen molar-refractivity contribution in [2.45, 2.75) is 25.8 Å². The van der Waals surface area contributed by atoms with Crippen molar-refractivity contribution in [3.05, 3.63) is 18.5 Å². The van der Waals surface area contributed by atoms with Crippen LogP contribution in [-0.2, 0) is 0 Å². The maximum absolute atomic E-state index is 5.48. The van der Waals surface area contributed by atoms with E-state index in [0.717, 1.165) is 61.5 Å². The van der Waals surface area contributed by atoms with Crippen molar-refractivity contribution < 1.29 is 9.47 Å². The third-order valence-electron chi connectivity index (χ3n) is 5.43. The largest absolute Gasteiger partial charge is 0.493 e. The monoisotopic (exact) mass is 401 g/mol. The van der Waals surface area contributed by atoms with Crippen molar-refractivity contribution in [1.82, 2.24) is 14.9 Å². The minimum atomic E-state index is 0.569. The van der Waals surface area contributed by atoms with Crippen molar-refractivity contribution >= 4 is 33.7 Å². The predicted molar refractivity (Wildman–Crippen MR) is 115 cm³/mol. The molecule has 1 saturated heterocycles. The quantitative estimate of drug-likeness (QED) is 0.763. The van der Waals surface area contributed by atoms with E-state index >= 15 is 0 Å². The van der Waals surface area contributed by atoms with Crippen LogP contribution in [0.2, 0.25) is 0 Å². The topological polar surface area (TPSA) is 63.1 Å². The third-order valence-corrected chi connectivity index (χ3v) is 6.34. The molecule has 2 aromatic rings. The lowest BCUT2D eigenvalue weighted by Gasteiger charge is -2.38. The zero-order chi connectivity index (χ0) is 19.5. The maximum atomic E-state index is 5.48. The summed E-state index contributed by atoms with van der Waals surface area (Å²) >= 11 is 1.86. The fourth-order valence-corrected chi connectivity index (χ4v) is 4.89.